The molecular weight excluding hydrogens is 446 g/mol. The molecule has 0 aliphatic heterocycles. The first-order chi connectivity index (χ1) is 16.7. The van der Waals surface area contributed by atoms with Crippen molar-refractivity contribution in [2.45, 2.75) is 31.1 Å². The molecule has 1 heterocycles. The Morgan fingerprint density at radius 1 is 0.941 bits per heavy atom. The highest BCUT2D eigenvalue weighted by Gasteiger charge is 2.42. The minimum atomic E-state index is 0.00857. The molecule has 3 aliphatic rings. The summed E-state index contributed by atoms with van der Waals surface area (Å²) in [4.78, 5) is 17.1. The fourth-order valence-electron chi connectivity index (χ4n) is 5.59. The predicted octanol–water partition coefficient (Wildman–Crippen LogP) is 5.74. The van der Waals surface area contributed by atoms with Crippen molar-refractivity contribution < 1.29 is 9.32 Å². The smallest absolute Gasteiger partial charge is 0.227 e. The second kappa shape index (κ2) is 8.73. The van der Waals surface area contributed by atoms with E-state index in [1.54, 1.807) is 12.1 Å². The number of nitrogens with one attached hydrogen (secondary N) is 1. The Hall–Kier alpha value is -3.44. The number of aryl methyl sites for hydroxylation is 1. The van der Waals surface area contributed by atoms with E-state index in [2.05, 4.69) is 64.0 Å². The maximum atomic E-state index is 12.7. The quantitative estimate of drug-likeness (QED) is 0.391. The van der Waals surface area contributed by atoms with Gasteiger partial charge < -0.3 is 9.84 Å². The normalized spacial score (nSPS) is 20.0. The monoisotopic (exact) mass is 469 g/mol. The fraction of sp³-hybridized carbons (Fsp3) is 0.250. The molecule has 1 N–H and O–H groups in total. The average molecular weight is 470 g/mol. The highest BCUT2D eigenvalue weighted by molar-refractivity contribution is 6.30. The Morgan fingerprint density at radius 2 is 1.59 bits per heavy atom. The molecule has 0 spiro atoms. The minimum Gasteiger partial charge on any atom is -0.356 e. The number of hydrogen-bond acceptors (Lipinski definition) is 4. The zero-order valence-corrected chi connectivity index (χ0v) is 19.3. The Morgan fingerprint density at radius 3 is 2.26 bits per heavy atom. The van der Waals surface area contributed by atoms with Crippen LogP contribution in [0.25, 0.3) is 11.4 Å². The maximum absolute atomic E-state index is 12.7. The maximum Gasteiger partial charge on any atom is 0.227 e. The van der Waals surface area contributed by atoms with Crippen LogP contribution in [-0.2, 0) is 11.2 Å². The summed E-state index contributed by atoms with van der Waals surface area (Å²) in [6.07, 6.45) is 1.79. The molecule has 4 aromatic rings. The van der Waals surface area contributed by atoms with Gasteiger partial charge in [0, 0.05) is 41.8 Å². The zero-order valence-electron chi connectivity index (χ0n) is 18.6. The Bertz CT molecular complexity index is 1300. The molecule has 0 saturated heterocycles. The first-order valence-electron chi connectivity index (χ1n) is 11.7. The van der Waals surface area contributed by atoms with Gasteiger partial charge in [0.25, 0.3) is 0 Å². The number of fused-ring (bicyclic) bond motifs is 1. The summed E-state index contributed by atoms with van der Waals surface area (Å²) >= 11 is 5.94. The number of hydrogen-bond donors (Lipinski definition) is 1. The molecule has 6 heteroatoms. The number of rotatable bonds is 6. The van der Waals surface area contributed by atoms with E-state index < -0.39 is 0 Å². The molecule has 3 aromatic carbocycles. The lowest BCUT2D eigenvalue weighted by molar-refractivity contribution is -0.121. The van der Waals surface area contributed by atoms with Crippen molar-refractivity contribution in [3.05, 3.63) is 106 Å². The number of amides is 1. The van der Waals surface area contributed by atoms with E-state index in [9.17, 15) is 4.79 Å². The van der Waals surface area contributed by atoms with E-state index >= 15 is 0 Å². The number of aromatic nitrogens is 2. The van der Waals surface area contributed by atoms with Gasteiger partial charge in [0.15, 0.2) is 0 Å². The average Bonchev–Trinajstić information content (AvgIpc) is 3.36. The molecule has 1 atom stereocenters. The van der Waals surface area contributed by atoms with Crippen LogP contribution in [-0.4, -0.2) is 22.6 Å². The van der Waals surface area contributed by atoms with Crippen LogP contribution in [0.5, 0.6) is 0 Å². The van der Waals surface area contributed by atoms with Gasteiger partial charge in [0.2, 0.25) is 17.6 Å². The number of nitrogens with zero attached hydrogens (tertiary/aromatic N) is 2. The van der Waals surface area contributed by atoms with E-state index in [-0.39, 0.29) is 5.91 Å². The fourth-order valence-corrected chi connectivity index (χ4v) is 5.71. The molecule has 0 saturated carbocycles. The Labute approximate surface area is 203 Å². The summed E-state index contributed by atoms with van der Waals surface area (Å²) in [5.41, 5.74) is 6.55. The van der Waals surface area contributed by atoms with Gasteiger partial charge in [-0.2, -0.15) is 4.98 Å². The summed E-state index contributed by atoms with van der Waals surface area (Å²) in [5, 5.41) is 7.85. The van der Waals surface area contributed by atoms with E-state index in [4.69, 9.17) is 16.1 Å². The van der Waals surface area contributed by atoms with Crippen LogP contribution in [0.2, 0.25) is 5.02 Å². The van der Waals surface area contributed by atoms with Gasteiger partial charge in [-0.25, -0.2) is 0 Å². The van der Waals surface area contributed by atoms with Gasteiger partial charge in [-0.15, -0.1) is 0 Å². The second-order valence-electron chi connectivity index (χ2n) is 9.11. The second-order valence-corrected chi connectivity index (χ2v) is 9.54. The van der Waals surface area contributed by atoms with Crippen molar-refractivity contribution >= 4 is 17.5 Å². The van der Waals surface area contributed by atoms with Gasteiger partial charge in [-0.1, -0.05) is 65.3 Å². The number of benzene rings is 3. The summed E-state index contributed by atoms with van der Waals surface area (Å²) in [7, 11) is 0. The van der Waals surface area contributed by atoms with Crippen molar-refractivity contribution in [1.82, 2.24) is 15.5 Å². The molecule has 1 amide bonds. The lowest BCUT2D eigenvalue weighted by atomic mass is 9.59. The molecular formula is C28H24ClN3O2. The lowest BCUT2D eigenvalue weighted by Gasteiger charge is -2.45. The first-order valence-corrected chi connectivity index (χ1v) is 12.1. The van der Waals surface area contributed by atoms with Gasteiger partial charge in [-0.3, -0.25) is 4.79 Å². The van der Waals surface area contributed by atoms with Crippen LogP contribution in [0.15, 0.2) is 77.3 Å². The van der Waals surface area contributed by atoms with Crippen LogP contribution in [0, 0.1) is 5.92 Å². The van der Waals surface area contributed by atoms with E-state index in [1.165, 1.54) is 22.3 Å². The molecule has 5 nitrogen and oxygen atoms in total. The molecule has 3 aliphatic carbocycles. The van der Waals surface area contributed by atoms with Gasteiger partial charge in [0.05, 0.1) is 0 Å². The van der Waals surface area contributed by atoms with Crippen molar-refractivity contribution in [1.29, 1.82) is 0 Å². The third-order valence-electron chi connectivity index (χ3n) is 7.12. The van der Waals surface area contributed by atoms with E-state index in [0.29, 0.717) is 53.9 Å². The molecule has 34 heavy (non-hydrogen) atoms. The summed E-state index contributed by atoms with van der Waals surface area (Å²) < 4.78 is 5.34. The molecule has 170 valence electrons. The van der Waals surface area contributed by atoms with Gasteiger partial charge in [-0.05, 0) is 58.9 Å². The van der Waals surface area contributed by atoms with Crippen LogP contribution in [0.4, 0.5) is 0 Å². The molecule has 1 unspecified atom stereocenters. The standard InChI is InChI=1S/C28H24ClN3O2/c29-19-11-9-17(10-12-19)28-31-26(34-32-28)14-13-25(33)30-16-18-15-24-20-5-1-3-7-22(20)27(18)23-8-4-2-6-21(23)24/h1-12,18,24,27H,13-16H2,(H,30,33). The molecule has 1 aromatic heterocycles. The van der Waals surface area contributed by atoms with Crippen molar-refractivity contribution in [2.75, 3.05) is 6.54 Å². The molecule has 7 rings (SSSR count). The largest absolute Gasteiger partial charge is 0.356 e. The van der Waals surface area contributed by atoms with E-state index in [0.717, 1.165) is 12.0 Å². The molecule has 0 radical (unpaired) electrons. The minimum absolute atomic E-state index is 0.00857. The third kappa shape index (κ3) is 3.80. The van der Waals surface area contributed by atoms with Crippen LogP contribution in [0.1, 0.15) is 52.8 Å². The number of carbonyl (C=O) groups is 1. The van der Waals surface area contributed by atoms with Crippen molar-refractivity contribution in [3.8, 4) is 11.4 Å². The van der Waals surface area contributed by atoms with Crippen LogP contribution >= 0.6 is 11.6 Å². The van der Waals surface area contributed by atoms with Gasteiger partial charge >= 0.3 is 0 Å². The predicted molar refractivity (Wildman–Crippen MR) is 131 cm³/mol. The number of halogens is 1. The summed E-state index contributed by atoms with van der Waals surface area (Å²) in [5.74, 6) is 2.09. The molecule has 2 bridgehead atoms. The Balaban J connectivity index is 1.09. The van der Waals surface area contributed by atoms with Gasteiger partial charge in [0.1, 0.15) is 0 Å². The zero-order chi connectivity index (χ0) is 23.1. The van der Waals surface area contributed by atoms with E-state index in [1.807, 2.05) is 12.1 Å². The third-order valence-corrected chi connectivity index (χ3v) is 7.37. The van der Waals surface area contributed by atoms with Crippen LogP contribution < -0.4 is 5.32 Å². The SMILES string of the molecule is O=C(CCc1nc(-c2ccc(Cl)cc2)no1)NCC1CC2c3ccccc3C1c1ccccc12. The summed E-state index contributed by atoms with van der Waals surface area (Å²) in [6.45, 7) is 0.669. The topological polar surface area (TPSA) is 68.0 Å². The highest BCUT2D eigenvalue weighted by Crippen LogP contribution is 2.55. The first kappa shape index (κ1) is 21.1. The Kier molecular flexibility index (Phi) is 5.42. The summed E-state index contributed by atoms with van der Waals surface area (Å²) in [6, 6.07) is 24.8. The van der Waals surface area contributed by atoms with Crippen molar-refractivity contribution in [3.63, 3.8) is 0 Å². The number of carbonyl (C=O) groups excluding carboxylic acids is 1. The molecule has 0 fully saturated rings. The van der Waals surface area contributed by atoms with Crippen molar-refractivity contribution in [2.24, 2.45) is 5.92 Å². The van der Waals surface area contributed by atoms with Crippen LogP contribution in [0.3, 0.4) is 0 Å². The lowest BCUT2D eigenvalue weighted by Crippen LogP contribution is -2.39. The highest BCUT2D eigenvalue weighted by atomic mass is 35.5.